The number of benzene rings is 1. The van der Waals surface area contributed by atoms with E-state index in [1.807, 2.05) is 6.92 Å². The maximum Gasteiger partial charge on any atom is 0.240 e. The van der Waals surface area contributed by atoms with E-state index in [-0.39, 0.29) is 6.04 Å². The molecule has 4 nitrogen and oxygen atoms in total. The van der Waals surface area contributed by atoms with E-state index < -0.39 is 10.0 Å². The molecule has 0 radical (unpaired) electrons. The van der Waals surface area contributed by atoms with Crippen LogP contribution in [0, 0.1) is 5.92 Å². The predicted octanol–water partition coefficient (Wildman–Crippen LogP) is 3.22. The van der Waals surface area contributed by atoms with Crippen LogP contribution in [0.5, 0.6) is 0 Å². The number of hydrogen-bond donors (Lipinski definition) is 2. The Morgan fingerprint density at radius 2 is 1.70 bits per heavy atom. The lowest BCUT2D eigenvalue weighted by molar-refractivity contribution is 0.482. The summed E-state index contributed by atoms with van der Waals surface area (Å²) < 4.78 is 27.2. The highest BCUT2D eigenvalue weighted by Gasteiger charge is 2.17. The molecule has 0 aliphatic carbocycles. The van der Waals surface area contributed by atoms with Gasteiger partial charge in [-0.3, -0.25) is 0 Å². The van der Waals surface area contributed by atoms with Gasteiger partial charge in [-0.2, -0.15) is 0 Å². The summed E-state index contributed by atoms with van der Waals surface area (Å²) in [4.78, 5) is 0.315. The first-order chi connectivity index (χ1) is 9.35. The van der Waals surface area contributed by atoms with Crippen LogP contribution in [-0.4, -0.2) is 21.0 Å². The van der Waals surface area contributed by atoms with E-state index in [2.05, 4.69) is 30.8 Å². The molecule has 1 unspecified atom stereocenters. The van der Waals surface area contributed by atoms with Crippen molar-refractivity contribution in [2.45, 2.75) is 51.5 Å². The molecule has 0 amide bonds. The Balaban J connectivity index is 2.72. The van der Waals surface area contributed by atoms with Crippen molar-refractivity contribution in [1.82, 2.24) is 4.72 Å². The predicted molar refractivity (Wildman–Crippen MR) is 84.5 cm³/mol. The number of hydrogen-bond acceptors (Lipinski definition) is 3. The minimum Gasteiger partial charge on any atom is -0.385 e. The van der Waals surface area contributed by atoms with Gasteiger partial charge in [0.1, 0.15) is 0 Å². The fraction of sp³-hybridized carbons (Fsp3) is 0.600. The summed E-state index contributed by atoms with van der Waals surface area (Å²) in [6, 6.07) is 6.83. The van der Waals surface area contributed by atoms with E-state index >= 15 is 0 Å². The lowest BCUT2D eigenvalue weighted by Crippen LogP contribution is -2.33. The summed E-state index contributed by atoms with van der Waals surface area (Å²) in [7, 11) is -3.42. The standard InChI is InChI=1S/C15H26N2O2S/c1-5-10-16-14-6-8-15(9-7-14)20(18,19)17-13(4)11-12(2)3/h6-9,12-13,16-17H,5,10-11H2,1-4H3. The molecular formula is C15H26N2O2S. The third-order valence-corrected chi connectivity index (χ3v) is 4.53. The van der Waals surface area contributed by atoms with Gasteiger partial charge in [0, 0.05) is 18.3 Å². The molecule has 5 heteroatoms. The van der Waals surface area contributed by atoms with Gasteiger partial charge in [-0.05, 0) is 49.9 Å². The van der Waals surface area contributed by atoms with E-state index in [1.54, 1.807) is 24.3 Å². The number of nitrogens with one attached hydrogen (secondary N) is 2. The summed E-state index contributed by atoms with van der Waals surface area (Å²) in [5.74, 6) is 0.466. The monoisotopic (exact) mass is 298 g/mol. The summed E-state index contributed by atoms with van der Waals surface area (Å²) in [5, 5.41) is 3.22. The van der Waals surface area contributed by atoms with Crippen LogP contribution >= 0.6 is 0 Å². The van der Waals surface area contributed by atoms with Crippen molar-refractivity contribution in [3.63, 3.8) is 0 Å². The van der Waals surface area contributed by atoms with Crippen LogP contribution in [0.4, 0.5) is 5.69 Å². The minimum atomic E-state index is -3.42. The van der Waals surface area contributed by atoms with Gasteiger partial charge in [0.25, 0.3) is 0 Å². The molecule has 0 saturated heterocycles. The molecule has 2 N–H and O–H groups in total. The number of sulfonamides is 1. The third kappa shape index (κ3) is 5.51. The van der Waals surface area contributed by atoms with E-state index in [4.69, 9.17) is 0 Å². The van der Waals surface area contributed by atoms with E-state index in [9.17, 15) is 8.42 Å². The molecule has 114 valence electrons. The van der Waals surface area contributed by atoms with Gasteiger partial charge in [-0.25, -0.2) is 13.1 Å². The average Bonchev–Trinajstić information content (AvgIpc) is 2.35. The first-order valence-electron chi connectivity index (χ1n) is 7.21. The summed E-state index contributed by atoms with van der Waals surface area (Å²) in [6.07, 6.45) is 1.86. The second-order valence-corrected chi connectivity index (χ2v) is 7.32. The second-order valence-electron chi connectivity index (χ2n) is 5.60. The molecule has 20 heavy (non-hydrogen) atoms. The summed E-state index contributed by atoms with van der Waals surface area (Å²) in [6.45, 7) is 9.04. The van der Waals surface area contributed by atoms with Gasteiger partial charge in [0.05, 0.1) is 4.90 Å². The zero-order chi connectivity index (χ0) is 15.2. The van der Waals surface area contributed by atoms with Crippen LogP contribution in [0.15, 0.2) is 29.2 Å². The molecule has 0 bridgehead atoms. The van der Waals surface area contributed by atoms with Gasteiger partial charge in [-0.15, -0.1) is 0 Å². The molecule has 0 aliphatic heterocycles. The maximum atomic E-state index is 12.2. The Kier molecular flexibility index (Phi) is 6.49. The molecule has 1 aromatic rings. The fourth-order valence-corrected chi connectivity index (χ4v) is 3.37. The van der Waals surface area contributed by atoms with Gasteiger partial charge in [0.15, 0.2) is 0 Å². The van der Waals surface area contributed by atoms with Crippen molar-refractivity contribution >= 4 is 15.7 Å². The molecule has 1 atom stereocenters. The van der Waals surface area contributed by atoms with Crippen LogP contribution in [0.2, 0.25) is 0 Å². The van der Waals surface area contributed by atoms with Gasteiger partial charge in [-0.1, -0.05) is 20.8 Å². The zero-order valence-electron chi connectivity index (χ0n) is 12.8. The van der Waals surface area contributed by atoms with E-state index in [0.29, 0.717) is 10.8 Å². The van der Waals surface area contributed by atoms with Crippen molar-refractivity contribution in [2.75, 3.05) is 11.9 Å². The van der Waals surface area contributed by atoms with Crippen LogP contribution < -0.4 is 10.0 Å². The largest absolute Gasteiger partial charge is 0.385 e. The maximum absolute atomic E-state index is 12.2. The molecule has 0 aromatic heterocycles. The van der Waals surface area contributed by atoms with Crippen molar-refractivity contribution in [3.05, 3.63) is 24.3 Å². The average molecular weight is 298 g/mol. The highest BCUT2D eigenvalue weighted by Crippen LogP contribution is 2.15. The zero-order valence-corrected chi connectivity index (χ0v) is 13.6. The third-order valence-electron chi connectivity index (χ3n) is 2.93. The van der Waals surface area contributed by atoms with Crippen LogP contribution in [0.1, 0.15) is 40.5 Å². The van der Waals surface area contributed by atoms with Crippen molar-refractivity contribution < 1.29 is 8.42 Å². The van der Waals surface area contributed by atoms with Gasteiger partial charge < -0.3 is 5.32 Å². The normalized spacial score (nSPS) is 13.4. The molecule has 0 spiro atoms. The number of anilines is 1. The minimum absolute atomic E-state index is 0.0575. The fourth-order valence-electron chi connectivity index (χ4n) is 2.11. The topological polar surface area (TPSA) is 58.2 Å². The summed E-state index contributed by atoms with van der Waals surface area (Å²) in [5.41, 5.74) is 0.945. The molecule has 0 saturated carbocycles. The smallest absolute Gasteiger partial charge is 0.240 e. The Hall–Kier alpha value is -1.07. The second kappa shape index (κ2) is 7.64. The van der Waals surface area contributed by atoms with E-state index in [1.165, 1.54) is 0 Å². The van der Waals surface area contributed by atoms with Gasteiger partial charge in [0.2, 0.25) is 10.0 Å². The quantitative estimate of drug-likeness (QED) is 0.774. The van der Waals surface area contributed by atoms with Crippen LogP contribution in [-0.2, 0) is 10.0 Å². The first-order valence-corrected chi connectivity index (χ1v) is 8.69. The lowest BCUT2D eigenvalue weighted by atomic mass is 10.1. The molecule has 0 heterocycles. The SMILES string of the molecule is CCCNc1ccc(S(=O)(=O)NC(C)CC(C)C)cc1. The Morgan fingerprint density at radius 3 is 2.20 bits per heavy atom. The first kappa shape index (κ1) is 17.0. The molecule has 0 aliphatic rings. The lowest BCUT2D eigenvalue weighted by Gasteiger charge is -2.16. The van der Waals surface area contributed by atoms with Crippen molar-refractivity contribution in [3.8, 4) is 0 Å². The Labute approximate surface area is 123 Å². The molecular weight excluding hydrogens is 272 g/mol. The molecule has 0 fully saturated rings. The number of rotatable bonds is 8. The Morgan fingerprint density at radius 1 is 1.10 bits per heavy atom. The molecule has 1 aromatic carbocycles. The highest BCUT2D eigenvalue weighted by molar-refractivity contribution is 7.89. The van der Waals surface area contributed by atoms with Crippen LogP contribution in [0.3, 0.4) is 0 Å². The molecule has 1 rings (SSSR count). The van der Waals surface area contributed by atoms with Crippen molar-refractivity contribution in [2.24, 2.45) is 5.92 Å². The highest BCUT2D eigenvalue weighted by atomic mass is 32.2. The van der Waals surface area contributed by atoms with Gasteiger partial charge >= 0.3 is 0 Å². The van der Waals surface area contributed by atoms with E-state index in [0.717, 1.165) is 25.1 Å². The summed E-state index contributed by atoms with van der Waals surface area (Å²) >= 11 is 0. The van der Waals surface area contributed by atoms with Crippen LogP contribution in [0.25, 0.3) is 0 Å². The van der Waals surface area contributed by atoms with Crippen molar-refractivity contribution in [1.29, 1.82) is 0 Å². The Bertz CT molecular complexity index is 495.